The fourth-order valence-corrected chi connectivity index (χ4v) is 2.62. The molecule has 0 spiro atoms. The van der Waals surface area contributed by atoms with Crippen LogP contribution in [-0.4, -0.2) is 46.5 Å². The zero-order chi connectivity index (χ0) is 15.3. The summed E-state index contributed by atoms with van der Waals surface area (Å²) < 4.78 is 10.3. The fourth-order valence-electron chi connectivity index (χ4n) is 1.72. The van der Waals surface area contributed by atoms with E-state index in [1.54, 1.807) is 14.2 Å². The minimum absolute atomic E-state index is 0. The molecule has 1 rings (SSSR count). The van der Waals surface area contributed by atoms with E-state index < -0.39 is 0 Å². The predicted molar refractivity (Wildman–Crippen MR) is 105 cm³/mol. The lowest BCUT2D eigenvalue weighted by Gasteiger charge is -2.11. The van der Waals surface area contributed by atoms with Gasteiger partial charge in [0.2, 0.25) is 0 Å². The second kappa shape index (κ2) is 14.2. The van der Waals surface area contributed by atoms with E-state index in [0.29, 0.717) is 13.2 Å². The number of hydrogen-bond donors (Lipinski definition) is 2. The van der Waals surface area contributed by atoms with Crippen LogP contribution in [0.15, 0.2) is 17.1 Å². The molecule has 128 valence electrons. The molecule has 0 saturated carbocycles. The van der Waals surface area contributed by atoms with Gasteiger partial charge in [0.1, 0.15) is 0 Å². The van der Waals surface area contributed by atoms with Crippen molar-refractivity contribution >= 4 is 41.3 Å². The minimum Gasteiger partial charge on any atom is -0.382 e. The van der Waals surface area contributed by atoms with Crippen molar-refractivity contribution in [1.82, 2.24) is 10.6 Å². The van der Waals surface area contributed by atoms with E-state index in [2.05, 4.69) is 34.7 Å². The largest absolute Gasteiger partial charge is 0.382 e. The summed E-state index contributed by atoms with van der Waals surface area (Å²) in [6.45, 7) is 5.88. The van der Waals surface area contributed by atoms with Gasteiger partial charge in [0.05, 0.1) is 19.8 Å². The van der Waals surface area contributed by atoms with Gasteiger partial charge < -0.3 is 20.1 Å². The average molecular weight is 441 g/mol. The van der Waals surface area contributed by atoms with Gasteiger partial charge in [-0.3, -0.25) is 4.99 Å². The fraction of sp³-hybridized carbons (Fsp3) is 0.667. The Morgan fingerprint density at radius 2 is 1.95 bits per heavy atom. The van der Waals surface area contributed by atoms with Crippen molar-refractivity contribution in [1.29, 1.82) is 0 Å². The van der Waals surface area contributed by atoms with Gasteiger partial charge in [0.15, 0.2) is 5.96 Å². The molecule has 0 aliphatic carbocycles. The van der Waals surface area contributed by atoms with Crippen LogP contribution in [-0.2, 0) is 22.4 Å². The Bertz CT molecular complexity index is 413. The lowest BCUT2D eigenvalue weighted by molar-refractivity contribution is 0.0698. The molecule has 0 aliphatic rings. The second-order valence-electron chi connectivity index (χ2n) is 4.53. The summed E-state index contributed by atoms with van der Waals surface area (Å²) in [6.07, 6.45) is 2.05. The van der Waals surface area contributed by atoms with Crippen LogP contribution in [0.2, 0.25) is 0 Å². The van der Waals surface area contributed by atoms with Gasteiger partial charge in [-0.25, -0.2) is 0 Å². The normalized spacial score (nSPS) is 11.1. The molecule has 0 saturated heterocycles. The highest BCUT2D eigenvalue weighted by atomic mass is 127. The third-order valence-corrected chi connectivity index (χ3v) is 4.14. The van der Waals surface area contributed by atoms with Gasteiger partial charge in [-0.1, -0.05) is 6.92 Å². The molecular formula is C15H28IN3O2S. The standard InChI is InChI=1S/C15H27N3O2S.HI/c1-4-13-6-7-14(21-13)12-18-15(16-2)17-8-5-9-20-11-10-19-3;/h6-7H,4-5,8-12H2,1-3H3,(H2,16,17,18);1H. The summed E-state index contributed by atoms with van der Waals surface area (Å²) in [5.74, 6) is 0.832. The summed E-state index contributed by atoms with van der Waals surface area (Å²) in [4.78, 5) is 6.97. The number of hydrogen-bond acceptors (Lipinski definition) is 4. The number of ether oxygens (including phenoxy) is 2. The van der Waals surface area contributed by atoms with Crippen molar-refractivity contribution < 1.29 is 9.47 Å². The highest BCUT2D eigenvalue weighted by molar-refractivity contribution is 14.0. The van der Waals surface area contributed by atoms with Crippen LogP contribution in [0.3, 0.4) is 0 Å². The molecule has 0 radical (unpaired) electrons. The van der Waals surface area contributed by atoms with E-state index in [1.807, 2.05) is 11.3 Å². The smallest absolute Gasteiger partial charge is 0.191 e. The third-order valence-electron chi connectivity index (χ3n) is 2.91. The Balaban J connectivity index is 0.00000441. The maximum Gasteiger partial charge on any atom is 0.191 e. The van der Waals surface area contributed by atoms with Crippen LogP contribution >= 0.6 is 35.3 Å². The third kappa shape index (κ3) is 9.60. The molecule has 2 N–H and O–H groups in total. The Hall–Kier alpha value is -0.380. The molecule has 1 aromatic rings. The topological polar surface area (TPSA) is 54.9 Å². The lowest BCUT2D eigenvalue weighted by Crippen LogP contribution is -2.37. The number of halogens is 1. The molecule has 5 nitrogen and oxygen atoms in total. The van der Waals surface area contributed by atoms with E-state index in [-0.39, 0.29) is 24.0 Å². The van der Waals surface area contributed by atoms with Crippen LogP contribution in [0.5, 0.6) is 0 Å². The Labute approximate surface area is 154 Å². The summed E-state index contributed by atoms with van der Waals surface area (Å²) in [5, 5.41) is 6.61. The van der Waals surface area contributed by atoms with E-state index >= 15 is 0 Å². The quantitative estimate of drug-likeness (QED) is 0.254. The van der Waals surface area contributed by atoms with Gasteiger partial charge in [-0.2, -0.15) is 0 Å². The van der Waals surface area contributed by atoms with E-state index in [4.69, 9.17) is 9.47 Å². The Morgan fingerprint density at radius 3 is 2.59 bits per heavy atom. The summed E-state index contributed by atoms with van der Waals surface area (Å²) in [6, 6.07) is 4.36. The van der Waals surface area contributed by atoms with Crippen LogP contribution < -0.4 is 10.6 Å². The maximum atomic E-state index is 5.41. The summed E-state index contributed by atoms with van der Waals surface area (Å²) in [7, 11) is 3.47. The van der Waals surface area contributed by atoms with E-state index in [0.717, 1.165) is 38.5 Å². The van der Waals surface area contributed by atoms with Crippen molar-refractivity contribution in [2.45, 2.75) is 26.3 Å². The van der Waals surface area contributed by atoms with Gasteiger partial charge in [-0.05, 0) is 25.0 Å². The number of methoxy groups -OCH3 is 1. The number of nitrogens with zero attached hydrogens (tertiary/aromatic N) is 1. The molecular weight excluding hydrogens is 413 g/mol. The molecule has 7 heteroatoms. The molecule has 0 aliphatic heterocycles. The number of aliphatic imine (C=N–C) groups is 1. The van der Waals surface area contributed by atoms with E-state index in [9.17, 15) is 0 Å². The number of nitrogens with one attached hydrogen (secondary N) is 2. The van der Waals surface area contributed by atoms with Gasteiger partial charge >= 0.3 is 0 Å². The maximum absolute atomic E-state index is 5.41. The number of rotatable bonds is 10. The Morgan fingerprint density at radius 1 is 1.18 bits per heavy atom. The first-order chi connectivity index (χ1) is 10.3. The van der Waals surface area contributed by atoms with Crippen molar-refractivity contribution in [3.8, 4) is 0 Å². The SMILES string of the molecule is CCc1ccc(CNC(=NC)NCCCOCCOC)s1.I. The van der Waals surface area contributed by atoms with Gasteiger partial charge in [0, 0.05) is 37.1 Å². The second-order valence-corrected chi connectivity index (χ2v) is 5.79. The molecule has 0 atom stereocenters. The van der Waals surface area contributed by atoms with Crippen molar-refractivity contribution in [3.05, 3.63) is 21.9 Å². The zero-order valence-corrected chi connectivity index (χ0v) is 16.8. The van der Waals surface area contributed by atoms with Gasteiger partial charge in [0.25, 0.3) is 0 Å². The lowest BCUT2D eigenvalue weighted by atomic mass is 10.3. The molecule has 1 heterocycles. The molecule has 0 aromatic carbocycles. The van der Waals surface area contributed by atoms with Crippen molar-refractivity contribution in [2.75, 3.05) is 40.5 Å². The predicted octanol–water partition coefficient (Wildman–Crippen LogP) is 2.65. The van der Waals surface area contributed by atoms with Crippen LogP contribution in [0.25, 0.3) is 0 Å². The molecule has 0 unspecified atom stereocenters. The van der Waals surface area contributed by atoms with Gasteiger partial charge in [-0.15, -0.1) is 35.3 Å². The Kier molecular flexibility index (Phi) is 14.0. The average Bonchev–Trinajstić information content (AvgIpc) is 2.97. The first-order valence-corrected chi connectivity index (χ1v) is 8.20. The van der Waals surface area contributed by atoms with Crippen LogP contribution in [0, 0.1) is 0 Å². The first-order valence-electron chi connectivity index (χ1n) is 7.39. The molecule has 1 aromatic heterocycles. The summed E-state index contributed by atoms with van der Waals surface area (Å²) >= 11 is 1.85. The summed E-state index contributed by atoms with van der Waals surface area (Å²) in [5.41, 5.74) is 0. The number of aryl methyl sites for hydroxylation is 1. The highest BCUT2D eigenvalue weighted by Crippen LogP contribution is 2.16. The zero-order valence-electron chi connectivity index (χ0n) is 13.7. The molecule has 22 heavy (non-hydrogen) atoms. The number of thiophene rings is 1. The minimum atomic E-state index is 0. The highest BCUT2D eigenvalue weighted by Gasteiger charge is 2.01. The van der Waals surface area contributed by atoms with Crippen LogP contribution in [0.4, 0.5) is 0 Å². The van der Waals surface area contributed by atoms with Crippen molar-refractivity contribution in [2.24, 2.45) is 4.99 Å². The molecule has 0 fully saturated rings. The first kappa shape index (κ1) is 21.6. The monoisotopic (exact) mass is 441 g/mol. The van der Waals surface area contributed by atoms with Crippen molar-refractivity contribution in [3.63, 3.8) is 0 Å². The molecule has 0 amide bonds. The van der Waals surface area contributed by atoms with Crippen LogP contribution in [0.1, 0.15) is 23.1 Å². The van der Waals surface area contributed by atoms with E-state index in [1.165, 1.54) is 9.75 Å². The molecule has 0 bridgehead atoms. The number of guanidine groups is 1.